The van der Waals surface area contributed by atoms with Crippen LogP contribution < -0.4 is 16.0 Å². The van der Waals surface area contributed by atoms with Crippen molar-refractivity contribution in [3.05, 3.63) is 137 Å². The first-order valence-corrected chi connectivity index (χ1v) is 13.8. The van der Waals surface area contributed by atoms with Crippen molar-refractivity contribution in [1.82, 2.24) is 0 Å². The van der Waals surface area contributed by atoms with Crippen molar-refractivity contribution in [1.29, 1.82) is 5.26 Å². The lowest BCUT2D eigenvalue weighted by Crippen LogP contribution is -2.41. The molecule has 0 aliphatic carbocycles. The lowest BCUT2D eigenvalue weighted by Gasteiger charge is -2.37. The number of carboxylic acid groups (broad SMARTS) is 1. The maximum atomic E-state index is 13.6. The Balaban J connectivity index is 1.82. The van der Waals surface area contributed by atoms with E-state index in [4.69, 9.17) is 15.2 Å². The minimum Gasteiger partial charge on any atom is -0.478 e. The molecule has 5 rings (SSSR count). The van der Waals surface area contributed by atoms with Gasteiger partial charge in [-0.3, -0.25) is 4.90 Å². The molecular weight excluding hydrogens is 572 g/mol. The molecule has 1 aliphatic rings. The van der Waals surface area contributed by atoms with Gasteiger partial charge in [0.05, 0.1) is 54.3 Å². The minimum absolute atomic E-state index is 0.0504. The third kappa shape index (κ3) is 5.58. The van der Waals surface area contributed by atoms with Gasteiger partial charge in [-0.1, -0.05) is 84.9 Å². The minimum atomic E-state index is -1.27. The third-order valence-corrected chi connectivity index (χ3v) is 7.40. The molecule has 0 saturated carbocycles. The lowest BCUT2D eigenvalue weighted by atomic mass is 9.81. The van der Waals surface area contributed by atoms with E-state index in [0.29, 0.717) is 11.3 Å². The Morgan fingerprint density at radius 1 is 0.844 bits per heavy atom. The van der Waals surface area contributed by atoms with Gasteiger partial charge in [0.25, 0.3) is 0 Å². The van der Waals surface area contributed by atoms with Crippen molar-refractivity contribution in [2.75, 3.05) is 24.4 Å². The number of anilines is 3. The highest BCUT2D eigenvalue weighted by molar-refractivity contribution is 6.09. The number of nitrogens with one attached hydrogen (secondary N) is 1. The van der Waals surface area contributed by atoms with Gasteiger partial charge in [0.1, 0.15) is 11.5 Å². The highest BCUT2D eigenvalue weighted by Gasteiger charge is 2.43. The van der Waals surface area contributed by atoms with Crippen LogP contribution in [-0.4, -0.2) is 37.2 Å². The molecular formula is C35H28N4O6. The summed E-state index contributed by atoms with van der Waals surface area (Å²) in [5.41, 5.74) is 8.81. The van der Waals surface area contributed by atoms with Gasteiger partial charge in [-0.25, -0.2) is 14.4 Å². The van der Waals surface area contributed by atoms with E-state index in [1.54, 1.807) is 42.5 Å². The predicted molar refractivity (Wildman–Crippen MR) is 168 cm³/mol. The Bertz CT molecular complexity index is 1890. The molecule has 0 amide bonds. The second-order valence-electron chi connectivity index (χ2n) is 9.88. The molecule has 0 fully saturated rings. The second-order valence-corrected chi connectivity index (χ2v) is 9.88. The van der Waals surface area contributed by atoms with Crippen LogP contribution in [0, 0.1) is 11.3 Å². The van der Waals surface area contributed by atoms with Crippen LogP contribution in [0.3, 0.4) is 0 Å². The zero-order valence-electron chi connectivity index (χ0n) is 24.4. The van der Waals surface area contributed by atoms with Crippen LogP contribution >= 0.6 is 0 Å². The van der Waals surface area contributed by atoms with E-state index in [0.717, 1.165) is 25.3 Å². The van der Waals surface area contributed by atoms with E-state index in [-0.39, 0.29) is 39.6 Å². The summed E-state index contributed by atoms with van der Waals surface area (Å²) in [5, 5.41) is 23.9. The first-order valence-electron chi connectivity index (χ1n) is 13.8. The van der Waals surface area contributed by atoms with E-state index in [2.05, 4.69) is 11.4 Å². The fourth-order valence-corrected chi connectivity index (χ4v) is 5.40. The van der Waals surface area contributed by atoms with Gasteiger partial charge < -0.3 is 25.6 Å². The fraction of sp³-hybridized carbons (Fsp3) is 0.0857. The number of ether oxygens (including phenoxy) is 2. The molecule has 45 heavy (non-hydrogen) atoms. The van der Waals surface area contributed by atoms with Gasteiger partial charge in [-0.15, -0.1) is 0 Å². The van der Waals surface area contributed by atoms with Crippen LogP contribution in [0.25, 0.3) is 11.1 Å². The van der Waals surface area contributed by atoms with Crippen LogP contribution in [0.5, 0.6) is 0 Å². The number of carboxylic acids is 1. The molecule has 4 aromatic carbocycles. The number of aromatic carboxylic acids is 1. The Kier molecular flexibility index (Phi) is 8.63. The molecule has 0 spiro atoms. The van der Waals surface area contributed by atoms with Crippen molar-refractivity contribution in [3.8, 4) is 17.2 Å². The maximum Gasteiger partial charge on any atom is 0.355 e. The Morgan fingerprint density at radius 2 is 1.47 bits per heavy atom. The van der Waals surface area contributed by atoms with Crippen molar-refractivity contribution >= 4 is 35.0 Å². The largest absolute Gasteiger partial charge is 0.478 e. The smallest absolute Gasteiger partial charge is 0.355 e. The standard InChI is InChI=1S/C35H28N4O6/c1-44-34(42)29-28(22-14-7-4-8-15-22)25(20-36)32(37)39(31(29)35(43)45-2)27-19-11-17-24(33(40)41)30(27)38-26-18-10-9-16-23(26)21-12-5-3-6-13-21/h3-19,28,38H,37H2,1-2H3,(H,40,41). The number of allylic oxidation sites excluding steroid dienone is 1. The lowest BCUT2D eigenvalue weighted by molar-refractivity contribution is -0.139. The first-order chi connectivity index (χ1) is 21.8. The summed E-state index contributed by atoms with van der Waals surface area (Å²) in [7, 11) is 2.30. The van der Waals surface area contributed by atoms with Gasteiger partial charge in [0.15, 0.2) is 0 Å². The summed E-state index contributed by atoms with van der Waals surface area (Å²) in [6.45, 7) is 0. The number of para-hydroxylation sites is 2. The highest BCUT2D eigenvalue weighted by Crippen LogP contribution is 2.46. The average molecular weight is 601 g/mol. The van der Waals surface area contributed by atoms with Crippen molar-refractivity contribution in [3.63, 3.8) is 0 Å². The third-order valence-electron chi connectivity index (χ3n) is 7.40. The molecule has 4 N–H and O–H groups in total. The summed E-state index contributed by atoms with van der Waals surface area (Å²) >= 11 is 0. The molecule has 1 heterocycles. The molecule has 0 radical (unpaired) electrons. The number of nitrogens with two attached hydrogens (primary N) is 1. The summed E-state index contributed by atoms with van der Waals surface area (Å²) in [6.07, 6.45) is 0. The topological polar surface area (TPSA) is 155 Å². The average Bonchev–Trinajstić information content (AvgIpc) is 3.08. The molecule has 4 aromatic rings. The van der Waals surface area contributed by atoms with Gasteiger partial charge in [-0.05, 0) is 29.3 Å². The van der Waals surface area contributed by atoms with E-state index in [9.17, 15) is 24.8 Å². The van der Waals surface area contributed by atoms with Crippen LogP contribution in [0.1, 0.15) is 21.8 Å². The monoisotopic (exact) mass is 600 g/mol. The first kappa shape index (κ1) is 30.1. The summed E-state index contributed by atoms with van der Waals surface area (Å²) in [4.78, 5) is 40.9. The number of hydrogen-bond acceptors (Lipinski definition) is 9. The highest BCUT2D eigenvalue weighted by atomic mass is 16.5. The van der Waals surface area contributed by atoms with Crippen molar-refractivity contribution in [2.45, 2.75) is 5.92 Å². The van der Waals surface area contributed by atoms with Crippen LogP contribution in [0.4, 0.5) is 17.1 Å². The zero-order chi connectivity index (χ0) is 32.1. The second kappa shape index (κ2) is 12.9. The molecule has 1 unspecified atom stereocenters. The molecule has 0 saturated heterocycles. The van der Waals surface area contributed by atoms with E-state index < -0.39 is 23.8 Å². The SMILES string of the molecule is COC(=O)C1=C(C(=O)OC)N(c2cccc(C(=O)O)c2Nc2ccccc2-c2ccccc2)C(N)=C(C#N)C1c1ccccc1. The van der Waals surface area contributed by atoms with E-state index in [1.165, 1.54) is 23.1 Å². The number of hydrogen-bond donors (Lipinski definition) is 3. The summed E-state index contributed by atoms with van der Waals surface area (Å²) in [5.74, 6) is -4.38. The number of carbonyl (C=O) groups excluding carboxylic acids is 2. The number of benzene rings is 4. The van der Waals surface area contributed by atoms with E-state index in [1.807, 2.05) is 42.5 Å². The molecule has 10 nitrogen and oxygen atoms in total. The zero-order valence-corrected chi connectivity index (χ0v) is 24.4. The van der Waals surface area contributed by atoms with Gasteiger partial charge in [0.2, 0.25) is 0 Å². The van der Waals surface area contributed by atoms with Crippen LogP contribution in [-0.2, 0) is 19.1 Å². The number of rotatable bonds is 8. The quantitative estimate of drug-likeness (QED) is 0.215. The van der Waals surface area contributed by atoms with Crippen molar-refractivity contribution in [2.24, 2.45) is 5.73 Å². The molecule has 1 aliphatic heterocycles. The van der Waals surface area contributed by atoms with Gasteiger partial charge >= 0.3 is 17.9 Å². The fourth-order valence-electron chi connectivity index (χ4n) is 5.40. The molecule has 0 bridgehead atoms. The summed E-state index contributed by atoms with van der Waals surface area (Å²) in [6, 6.07) is 31.9. The molecule has 224 valence electrons. The molecule has 0 aromatic heterocycles. The van der Waals surface area contributed by atoms with Gasteiger partial charge in [-0.2, -0.15) is 5.26 Å². The van der Waals surface area contributed by atoms with Gasteiger partial charge in [0, 0.05) is 11.3 Å². The summed E-state index contributed by atoms with van der Waals surface area (Å²) < 4.78 is 10.3. The number of carbonyl (C=O) groups is 3. The van der Waals surface area contributed by atoms with Crippen molar-refractivity contribution < 1.29 is 29.0 Å². The number of esters is 2. The number of nitrogens with zero attached hydrogens (tertiary/aromatic N) is 2. The Hall–Kier alpha value is -6.34. The van der Waals surface area contributed by atoms with E-state index >= 15 is 0 Å². The maximum absolute atomic E-state index is 13.6. The molecule has 1 atom stereocenters. The molecule has 10 heteroatoms. The number of methoxy groups -OCH3 is 2. The Morgan fingerprint density at radius 3 is 2.09 bits per heavy atom. The predicted octanol–water partition coefficient (Wildman–Crippen LogP) is 5.69. The normalized spacial score (nSPS) is 14.4. The van der Waals surface area contributed by atoms with Crippen LogP contribution in [0.2, 0.25) is 0 Å². The Labute approximate surface area is 259 Å². The number of nitriles is 1. The van der Waals surface area contributed by atoms with Crippen LogP contribution in [0.15, 0.2) is 126 Å².